The summed E-state index contributed by atoms with van der Waals surface area (Å²) in [6.07, 6.45) is 4.68. The van der Waals surface area contributed by atoms with E-state index in [1.54, 1.807) is 12.1 Å². The van der Waals surface area contributed by atoms with Crippen LogP contribution in [0.25, 0.3) is 0 Å². The zero-order valence-electron chi connectivity index (χ0n) is 11.5. The van der Waals surface area contributed by atoms with E-state index in [9.17, 15) is 9.59 Å². The number of hydrogen-bond acceptors (Lipinski definition) is 2. The number of anilines is 1. The average Bonchev–Trinajstić information content (AvgIpc) is 2.67. The number of amides is 2. The third-order valence-corrected chi connectivity index (χ3v) is 4.69. The topological polar surface area (TPSA) is 37.4 Å². The maximum atomic E-state index is 12.6. The van der Waals surface area contributed by atoms with Crippen molar-refractivity contribution in [3.63, 3.8) is 0 Å². The summed E-state index contributed by atoms with van der Waals surface area (Å²) in [5, 5.41) is 0.573. The number of halogens is 1. The van der Waals surface area contributed by atoms with E-state index in [1.165, 1.54) is 4.90 Å². The third-order valence-electron chi connectivity index (χ3n) is 4.29. The van der Waals surface area contributed by atoms with Crippen molar-refractivity contribution in [2.24, 2.45) is 17.8 Å². The number of rotatable bonds is 1. The second kappa shape index (κ2) is 4.74. The quantitative estimate of drug-likeness (QED) is 0.587. The van der Waals surface area contributed by atoms with Gasteiger partial charge in [0, 0.05) is 5.02 Å². The standard InChI is InChI=1S/C16H16ClNO2/c1-9-6-7-11(8-13(9)17)18-15(19)12-5-3-4-10(2)14(12)16(18)20/h3-4,6-8,10,12,14H,5H2,1-2H3/t10-,12+,14-/m0/s1. The Morgan fingerprint density at radius 3 is 2.65 bits per heavy atom. The van der Waals surface area contributed by atoms with Gasteiger partial charge in [-0.1, -0.05) is 36.7 Å². The number of allylic oxidation sites excluding steroid dienone is 2. The Morgan fingerprint density at radius 2 is 2.00 bits per heavy atom. The fraction of sp³-hybridized carbons (Fsp3) is 0.375. The highest BCUT2D eigenvalue weighted by Crippen LogP contribution is 2.40. The van der Waals surface area contributed by atoms with Crippen molar-refractivity contribution < 1.29 is 9.59 Å². The largest absolute Gasteiger partial charge is 0.274 e. The van der Waals surface area contributed by atoms with Crippen LogP contribution in [0.4, 0.5) is 5.69 Å². The van der Waals surface area contributed by atoms with E-state index in [0.717, 1.165) is 5.56 Å². The van der Waals surface area contributed by atoms with Crippen LogP contribution >= 0.6 is 11.6 Å². The first-order chi connectivity index (χ1) is 9.50. The fourth-order valence-electron chi connectivity index (χ4n) is 3.12. The number of carbonyl (C=O) groups is 2. The van der Waals surface area contributed by atoms with Crippen molar-refractivity contribution in [3.05, 3.63) is 40.9 Å². The van der Waals surface area contributed by atoms with E-state index in [-0.39, 0.29) is 29.6 Å². The molecule has 3 rings (SSSR count). The summed E-state index contributed by atoms with van der Waals surface area (Å²) in [5.74, 6) is -0.542. The predicted molar refractivity (Wildman–Crippen MR) is 78.6 cm³/mol. The van der Waals surface area contributed by atoms with Gasteiger partial charge in [-0.3, -0.25) is 9.59 Å². The predicted octanol–water partition coefficient (Wildman–Crippen LogP) is 3.35. The molecule has 2 aliphatic rings. The van der Waals surface area contributed by atoms with Crippen LogP contribution in [0, 0.1) is 24.7 Å². The molecule has 104 valence electrons. The highest BCUT2D eigenvalue weighted by Gasteiger charge is 2.50. The van der Waals surface area contributed by atoms with Crippen molar-refractivity contribution in [1.29, 1.82) is 0 Å². The molecule has 3 atom stereocenters. The number of imide groups is 1. The molecule has 0 spiro atoms. The van der Waals surface area contributed by atoms with E-state index >= 15 is 0 Å². The number of hydrogen-bond donors (Lipinski definition) is 0. The van der Waals surface area contributed by atoms with Crippen molar-refractivity contribution in [1.82, 2.24) is 0 Å². The van der Waals surface area contributed by atoms with Crippen molar-refractivity contribution in [2.75, 3.05) is 4.90 Å². The molecule has 0 unspecified atom stereocenters. The molecule has 1 aromatic carbocycles. The van der Waals surface area contributed by atoms with Crippen LogP contribution < -0.4 is 4.90 Å². The number of carbonyl (C=O) groups excluding carboxylic acids is 2. The maximum absolute atomic E-state index is 12.6. The fourth-order valence-corrected chi connectivity index (χ4v) is 3.30. The van der Waals surface area contributed by atoms with Gasteiger partial charge in [-0.25, -0.2) is 4.90 Å². The van der Waals surface area contributed by atoms with E-state index < -0.39 is 0 Å². The molecule has 1 heterocycles. The number of aryl methyl sites for hydroxylation is 1. The summed E-state index contributed by atoms with van der Waals surface area (Å²) in [6.45, 7) is 3.88. The van der Waals surface area contributed by atoms with Crippen LogP contribution in [-0.4, -0.2) is 11.8 Å². The molecular formula is C16H16ClNO2. The van der Waals surface area contributed by atoms with Crippen LogP contribution in [-0.2, 0) is 9.59 Å². The minimum absolute atomic E-state index is 0.100. The third kappa shape index (κ3) is 1.88. The summed E-state index contributed by atoms with van der Waals surface area (Å²) < 4.78 is 0. The second-order valence-corrected chi connectivity index (χ2v) is 6.01. The molecular weight excluding hydrogens is 274 g/mol. The first kappa shape index (κ1) is 13.4. The van der Waals surface area contributed by atoms with Gasteiger partial charge in [0.05, 0.1) is 17.5 Å². The molecule has 0 bridgehead atoms. The number of fused-ring (bicyclic) bond motifs is 1. The minimum atomic E-state index is -0.229. The Morgan fingerprint density at radius 1 is 1.25 bits per heavy atom. The molecule has 3 nitrogen and oxygen atoms in total. The molecule has 1 aromatic rings. The van der Waals surface area contributed by atoms with Gasteiger partial charge in [0.2, 0.25) is 11.8 Å². The van der Waals surface area contributed by atoms with Crippen LogP contribution in [0.5, 0.6) is 0 Å². The zero-order valence-corrected chi connectivity index (χ0v) is 12.2. The summed E-state index contributed by atoms with van der Waals surface area (Å²) in [5.41, 5.74) is 1.51. The minimum Gasteiger partial charge on any atom is -0.274 e. The van der Waals surface area contributed by atoms with Gasteiger partial charge in [0.1, 0.15) is 0 Å². The van der Waals surface area contributed by atoms with Gasteiger partial charge >= 0.3 is 0 Å². The number of nitrogens with zero attached hydrogens (tertiary/aromatic N) is 1. The van der Waals surface area contributed by atoms with Crippen LogP contribution in [0.2, 0.25) is 5.02 Å². The van der Waals surface area contributed by atoms with E-state index in [1.807, 2.05) is 32.1 Å². The Hall–Kier alpha value is -1.61. The lowest BCUT2D eigenvalue weighted by Crippen LogP contribution is -2.31. The molecule has 0 N–H and O–H groups in total. The van der Waals surface area contributed by atoms with Gasteiger partial charge in [-0.05, 0) is 37.0 Å². The van der Waals surface area contributed by atoms with E-state index in [2.05, 4.69) is 0 Å². The van der Waals surface area contributed by atoms with Gasteiger partial charge in [0.25, 0.3) is 0 Å². The molecule has 2 amide bonds. The Balaban J connectivity index is 2.01. The summed E-state index contributed by atoms with van der Waals surface area (Å²) in [4.78, 5) is 26.4. The van der Waals surface area contributed by atoms with E-state index in [4.69, 9.17) is 11.6 Å². The summed E-state index contributed by atoms with van der Waals surface area (Å²) in [6, 6.07) is 5.32. The summed E-state index contributed by atoms with van der Waals surface area (Å²) in [7, 11) is 0. The normalized spacial score (nSPS) is 28.9. The van der Waals surface area contributed by atoms with Gasteiger partial charge in [-0.15, -0.1) is 0 Å². The average molecular weight is 290 g/mol. The lowest BCUT2D eigenvalue weighted by molar-refractivity contribution is -0.122. The van der Waals surface area contributed by atoms with Crippen molar-refractivity contribution >= 4 is 29.1 Å². The highest BCUT2D eigenvalue weighted by atomic mass is 35.5. The molecule has 20 heavy (non-hydrogen) atoms. The maximum Gasteiger partial charge on any atom is 0.238 e. The van der Waals surface area contributed by atoms with Gasteiger partial charge in [0.15, 0.2) is 0 Å². The van der Waals surface area contributed by atoms with Gasteiger partial charge in [-0.2, -0.15) is 0 Å². The molecule has 0 aromatic heterocycles. The van der Waals surface area contributed by atoms with E-state index in [0.29, 0.717) is 17.1 Å². The monoisotopic (exact) mass is 289 g/mol. The van der Waals surface area contributed by atoms with Gasteiger partial charge < -0.3 is 0 Å². The van der Waals surface area contributed by atoms with Crippen molar-refractivity contribution in [3.8, 4) is 0 Å². The van der Waals surface area contributed by atoms with Crippen LogP contribution in [0.15, 0.2) is 30.4 Å². The SMILES string of the molecule is Cc1ccc(N2C(=O)[C@H]3[C@@H](C)C=CC[C@H]3C2=O)cc1Cl. The molecule has 1 aliphatic heterocycles. The molecule has 1 saturated heterocycles. The lowest BCUT2D eigenvalue weighted by atomic mass is 9.78. The first-order valence-electron chi connectivity index (χ1n) is 6.81. The van der Waals surface area contributed by atoms with Crippen LogP contribution in [0.1, 0.15) is 18.9 Å². The lowest BCUT2D eigenvalue weighted by Gasteiger charge is -2.22. The second-order valence-electron chi connectivity index (χ2n) is 5.60. The molecule has 0 saturated carbocycles. The van der Waals surface area contributed by atoms with Crippen molar-refractivity contribution in [2.45, 2.75) is 20.3 Å². The highest BCUT2D eigenvalue weighted by molar-refractivity contribution is 6.32. The zero-order chi connectivity index (χ0) is 14.4. The van der Waals surface area contributed by atoms with Crippen LogP contribution in [0.3, 0.4) is 0 Å². The molecule has 4 heteroatoms. The molecule has 1 fully saturated rings. The Bertz CT molecular complexity index is 623. The molecule has 1 aliphatic carbocycles. The smallest absolute Gasteiger partial charge is 0.238 e. The summed E-state index contributed by atoms with van der Waals surface area (Å²) >= 11 is 6.11. The molecule has 0 radical (unpaired) electrons. The number of benzene rings is 1. The first-order valence-corrected chi connectivity index (χ1v) is 7.19. The Labute approximate surface area is 123 Å². The Kier molecular flexibility index (Phi) is 3.17.